The summed E-state index contributed by atoms with van der Waals surface area (Å²) >= 11 is 0. The lowest BCUT2D eigenvalue weighted by Gasteiger charge is -2.04. The molecule has 0 bridgehead atoms. The first-order valence-corrected chi connectivity index (χ1v) is 5.94. The van der Waals surface area contributed by atoms with Crippen molar-refractivity contribution in [3.63, 3.8) is 0 Å². The van der Waals surface area contributed by atoms with Crippen LogP contribution in [0.4, 0.5) is 0 Å². The molecule has 1 aromatic carbocycles. The topological polar surface area (TPSA) is 55.4 Å². The van der Waals surface area contributed by atoms with E-state index in [1.165, 1.54) is 0 Å². The first-order chi connectivity index (χ1) is 6.64. The summed E-state index contributed by atoms with van der Waals surface area (Å²) in [5, 5.41) is 0. The fourth-order valence-corrected chi connectivity index (χ4v) is 1.96. The molecular formula is C9H13NO3S. The van der Waals surface area contributed by atoms with Gasteiger partial charge in [-0.1, -0.05) is 35.2 Å². The van der Waals surface area contributed by atoms with E-state index in [4.69, 9.17) is 0 Å². The minimum absolute atomic E-state index is 0.0617. The van der Waals surface area contributed by atoms with E-state index in [1.807, 2.05) is 11.0 Å². The van der Waals surface area contributed by atoms with E-state index >= 15 is 0 Å². The van der Waals surface area contributed by atoms with Crippen LogP contribution in [0.2, 0.25) is 0 Å². The molecule has 78 valence electrons. The largest absolute Gasteiger partial charge is 0.287 e. The second-order valence-electron chi connectivity index (χ2n) is 2.76. The maximum absolute atomic E-state index is 11.3. The molecule has 0 aliphatic heterocycles. The van der Waals surface area contributed by atoms with Crippen molar-refractivity contribution in [2.24, 2.45) is 0 Å². The molecule has 0 aliphatic carbocycles. The van der Waals surface area contributed by atoms with Crippen LogP contribution < -0.4 is 4.89 Å². The fourth-order valence-electron chi connectivity index (χ4n) is 0.972. The van der Waals surface area contributed by atoms with Crippen molar-refractivity contribution in [3.05, 3.63) is 35.9 Å². The summed E-state index contributed by atoms with van der Waals surface area (Å²) in [7, 11) is -3.37. The van der Waals surface area contributed by atoms with Gasteiger partial charge in [0.1, 0.15) is 0 Å². The average Bonchev–Trinajstić information content (AvgIpc) is 2.16. The van der Waals surface area contributed by atoms with Crippen LogP contribution in [-0.2, 0) is 20.6 Å². The molecule has 0 radical (unpaired) electrons. The predicted molar refractivity (Wildman–Crippen MR) is 53.8 cm³/mol. The van der Waals surface area contributed by atoms with E-state index < -0.39 is 10.0 Å². The lowest BCUT2D eigenvalue weighted by molar-refractivity contribution is 0.105. The molecule has 0 saturated heterocycles. The van der Waals surface area contributed by atoms with Crippen LogP contribution in [0.25, 0.3) is 0 Å². The maximum atomic E-state index is 11.3. The molecule has 5 heteroatoms. The number of nitrogens with one attached hydrogen (secondary N) is 1. The van der Waals surface area contributed by atoms with Crippen LogP contribution in [0, 0.1) is 0 Å². The molecule has 1 aromatic rings. The Hall–Kier alpha value is -0.910. The van der Waals surface area contributed by atoms with Gasteiger partial charge in [-0.25, -0.2) is 8.42 Å². The first kappa shape index (κ1) is 11.2. The number of benzene rings is 1. The van der Waals surface area contributed by atoms with Gasteiger partial charge >= 0.3 is 0 Å². The van der Waals surface area contributed by atoms with Crippen molar-refractivity contribution >= 4 is 10.0 Å². The molecule has 0 aliphatic rings. The standard InChI is InChI=1S/C9H13NO3S/c1-2-13-10-14(11,12)8-9-6-4-3-5-7-9/h3-7,10H,2,8H2,1H3. The summed E-state index contributed by atoms with van der Waals surface area (Å²) in [5.41, 5.74) is 0.736. The monoisotopic (exact) mass is 215 g/mol. The summed E-state index contributed by atoms with van der Waals surface area (Å²) in [6.45, 7) is 2.03. The van der Waals surface area contributed by atoms with Crippen molar-refractivity contribution in [2.45, 2.75) is 12.7 Å². The SMILES string of the molecule is CCONS(=O)(=O)Cc1ccccc1. The third-order valence-corrected chi connectivity index (χ3v) is 2.61. The lowest BCUT2D eigenvalue weighted by Crippen LogP contribution is -2.25. The molecular weight excluding hydrogens is 202 g/mol. The zero-order valence-electron chi connectivity index (χ0n) is 7.93. The minimum atomic E-state index is -3.37. The third-order valence-electron chi connectivity index (χ3n) is 1.53. The van der Waals surface area contributed by atoms with Gasteiger partial charge in [0, 0.05) is 0 Å². The van der Waals surface area contributed by atoms with Crippen LogP contribution in [-0.4, -0.2) is 15.0 Å². The summed E-state index contributed by atoms with van der Waals surface area (Å²) in [5.74, 6) is -0.0617. The second-order valence-corrected chi connectivity index (χ2v) is 4.45. The van der Waals surface area contributed by atoms with Crippen molar-refractivity contribution < 1.29 is 13.3 Å². The third kappa shape index (κ3) is 3.87. The van der Waals surface area contributed by atoms with E-state index in [1.54, 1.807) is 31.2 Å². The first-order valence-electron chi connectivity index (χ1n) is 4.29. The molecule has 0 saturated carbocycles. The molecule has 4 nitrogen and oxygen atoms in total. The summed E-state index contributed by atoms with van der Waals surface area (Å²) < 4.78 is 22.6. The highest BCUT2D eigenvalue weighted by Gasteiger charge is 2.10. The quantitative estimate of drug-likeness (QED) is 0.747. The van der Waals surface area contributed by atoms with Crippen molar-refractivity contribution in [2.75, 3.05) is 6.61 Å². The summed E-state index contributed by atoms with van der Waals surface area (Å²) in [6.07, 6.45) is 0. The Morgan fingerprint density at radius 1 is 1.29 bits per heavy atom. The van der Waals surface area contributed by atoms with Gasteiger partial charge in [0.2, 0.25) is 10.0 Å². The van der Waals surface area contributed by atoms with Crippen LogP contribution in [0.5, 0.6) is 0 Å². The molecule has 0 amide bonds. The highest BCUT2D eigenvalue weighted by molar-refractivity contribution is 7.88. The Kier molecular flexibility index (Phi) is 4.06. The van der Waals surface area contributed by atoms with Crippen molar-refractivity contribution in [1.82, 2.24) is 4.89 Å². The van der Waals surface area contributed by atoms with Gasteiger partial charge in [0.05, 0.1) is 12.4 Å². The zero-order valence-corrected chi connectivity index (χ0v) is 8.75. The minimum Gasteiger partial charge on any atom is -0.287 e. The number of hydrogen-bond acceptors (Lipinski definition) is 3. The van der Waals surface area contributed by atoms with Gasteiger partial charge in [-0.3, -0.25) is 4.84 Å². The Bertz CT molecular complexity index is 361. The van der Waals surface area contributed by atoms with E-state index in [2.05, 4.69) is 4.84 Å². The lowest BCUT2D eigenvalue weighted by atomic mass is 10.2. The van der Waals surface area contributed by atoms with E-state index in [0.29, 0.717) is 6.61 Å². The van der Waals surface area contributed by atoms with Crippen LogP contribution in [0.1, 0.15) is 12.5 Å². The number of sulfonamides is 1. The molecule has 0 heterocycles. The molecule has 0 unspecified atom stereocenters. The Labute approximate surface area is 83.9 Å². The van der Waals surface area contributed by atoms with Gasteiger partial charge < -0.3 is 0 Å². The Morgan fingerprint density at radius 3 is 2.50 bits per heavy atom. The molecule has 1 rings (SSSR count). The molecule has 0 aromatic heterocycles. The van der Waals surface area contributed by atoms with Crippen LogP contribution in [0.15, 0.2) is 30.3 Å². The van der Waals surface area contributed by atoms with E-state index in [9.17, 15) is 8.42 Å². The van der Waals surface area contributed by atoms with Gasteiger partial charge in [-0.05, 0) is 12.5 Å². The molecule has 0 spiro atoms. The summed E-state index contributed by atoms with van der Waals surface area (Å²) in [4.78, 5) is 6.66. The fraction of sp³-hybridized carbons (Fsp3) is 0.333. The summed E-state index contributed by atoms with van der Waals surface area (Å²) in [6, 6.07) is 8.94. The number of rotatable bonds is 5. The molecule has 0 atom stereocenters. The van der Waals surface area contributed by atoms with E-state index in [0.717, 1.165) is 5.56 Å². The molecule has 1 N–H and O–H groups in total. The normalized spacial score (nSPS) is 11.5. The van der Waals surface area contributed by atoms with Crippen LogP contribution in [0.3, 0.4) is 0 Å². The number of hydrogen-bond donors (Lipinski definition) is 1. The van der Waals surface area contributed by atoms with E-state index in [-0.39, 0.29) is 5.75 Å². The Morgan fingerprint density at radius 2 is 1.93 bits per heavy atom. The van der Waals surface area contributed by atoms with Crippen molar-refractivity contribution in [3.8, 4) is 0 Å². The maximum Gasteiger partial charge on any atom is 0.237 e. The van der Waals surface area contributed by atoms with Gasteiger partial charge in [-0.2, -0.15) is 0 Å². The zero-order chi connectivity index (χ0) is 10.4. The van der Waals surface area contributed by atoms with Crippen molar-refractivity contribution in [1.29, 1.82) is 0 Å². The van der Waals surface area contributed by atoms with Gasteiger partial charge in [0.25, 0.3) is 0 Å². The Balaban J connectivity index is 2.60. The highest BCUT2D eigenvalue weighted by Crippen LogP contribution is 2.03. The van der Waals surface area contributed by atoms with Crippen LogP contribution >= 0.6 is 0 Å². The molecule has 14 heavy (non-hydrogen) atoms. The smallest absolute Gasteiger partial charge is 0.237 e. The van der Waals surface area contributed by atoms with Gasteiger partial charge in [-0.15, -0.1) is 0 Å². The molecule has 0 fully saturated rings. The second kappa shape index (κ2) is 5.09. The van der Waals surface area contributed by atoms with Gasteiger partial charge in [0.15, 0.2) is 0 Å². The highest BCUT2D eigenvalue weighted by atomic mass is 32.2. The average molecular weight is 215 g/mol. The predicted octanol–water partition coefficient (Wildman–Crippen LogP) is 1.06.